The number of hydrogen-bond donors (Lipinski definition) is 1. The van der Waals surface area contributed by atoms with Crippen LogP contribution in [0.15, 0.2) is 34.9 Å². The van der Waals surface area contributed by atoms with Crippen molar-refractivity contribution in [3.63, 3.8) is 0 Å². The van der Waals surface area contributed by atoms with Gasteiger partial charge in [-0.1, -0.05) is 35.5 Å². The van der Waals surface area contributed by atoms with Crippen LogP contribution in [0.5, 0.6) is 0 Å². The number of aliphatic hydroxyl groups excluding tert-OH is 1. The van der Waals surface area contributed by atoms with Crippen molar-refractivity contribution in [3.8, 4) is 0 Å². The van der Waals surface area contributed by atoms with Crippen molar-refractivity contribution >= 4 is 0 Å². The Bertz CT molecular complexity index is 541. The van der Waals surface area contributed by atoms with E-state index in [1.165, 1.54) is 0 Å². The molecule has 1 saturated heterocycles. The fourth-order valence-electron chi connectivity index (χ4n) is 2.69. The topological polar surface area (TPSA) is 62.4 Å². The van der Waals surface area contributed by atoms with E-state index in [1.54, 1.807) is 0 Å². The summed E-state index contributed by atoms with van der Waals surface area (Å²) in [5, 5.41) is 13.3. The predicted molar refractivity (Wildman–Crippen MR) is 74.1 cm³/mol. The van der Waals surface area contributed by atoms with Crippen LogP contribution in [-0.4, -0.2) is 39.3 Å². The minimum absolute atomic E-state index is 0.203. The second-order valence-corrected chi connectivity index (χ2v) is 5.22. The average Bonchev–Trinajstić information content (AvgIpc) is 3.10. The van der Waals surface area contributed by atoms with E-state index in [-0.39, 0.29) is 12.6 Å². The molecule has 0 radical (unpaired) electrons. The van der Waals surface area contributed by atoms with Crippen molar-refractivity contribution in [1.29, 1.82) is 0 Å². The molecule has 2 heterocycles. The summed E-state index contributed by atoms with van der Waals surface area (Å²) in [5.74, 6) is 1.35. The lowest BCUT2D eigenvalue weighted by Crippen LogP contribution is -2.31. The van der Waals surface area contributed by atoms with E-state index in [0.717, 1.165) is 24.9 Å². The Morgan fingerprint density at radius 2 is 2.15 bits per heavy atom. The highest BCUT2D eigenvalue weighted by Gasteiger charge is 2.25. The Morgan fingerprint density at radius 1 is 1.30 bits per heavy atom. The summed E-state index contributed by atoms with van der Waals surface area (Å²) in [6.07, 6.45) is 2.84. The molecular formula is C15H19N3O2. The summed E-state index contributed by atoms with van der Waals surface area (Å²) in [7, 11) is 0. The number of hydrogen-bond acceptors (Lipinski definition) is 5. The van der Waals surface area contributed by atoms with E-state index in [1.807, 2.05) is 30.3 Å². The van der Waals surface area contributed by atoms with Crippen molar-refractivity contribution in [3.05, 3.63) is 47.6 Å². The lowest BCUT2D eigenvalue weighted by Gasteiger charge is -2.20. The minimum Gasteiger partial charge on any atom is -0.395 e. The third kappa shape index (κ3) is 3.05. The highest BCUT2D eigenvalue weighted by Crippen LogP contribution is 2.18. The van der Waals surface area contributed by atoms with Gasteiger partial charge in [-0.15, -0.1) is 0 Å². The molecule has 3 rings (SSSR count). The molecule has 1 N–H and O–H groups in total. The fraction of sp³-hybridized carbons (Fsp3) is 0.467. The van der Waals surface area contributed by atoms with Crippen LogP contribution < -0.4 is 0 Å². The molecule has 5 heteroatoms. The van der Waals surface area contributed by atoms with Crippen molar-refractivity contribution in [1.82, 2.24) is 15.0 Å². The number of likely N-dealkylation sites (tertiary alicyclic amines) is 1. The first-order valence-electron chi connectivity index (χ1n) is 7.05. The van der Waals surface area contributed by atoms with Crippen molar-refractivity contribution < 1.29 is 9.63 Å². The lowest BCUT2D eigenvalue weighted by atomic mass is 10.1. The molecule has 1 aliphatic rings. The van der Waals surface area contributed by atoms with Crippen molar-refractivity contribution in [2.24, 2.45) is 0 Å². The molecule has 106 valence electrons. The number of aliphatic hydroxyl groups is 1. The zero-order valence-corrected chi connectivity index (χ0v) is 11.4. The highest BCUT2D eigenvalue weighted by atomic mass is 16.5. The first kappa shape index (κ1) is 13.3. The smallest absolute Gasteiger partial charge is 0.231 e. The predicted octanol–water partition coefficient (Wildman–Crippen LogP) is 1.62. The van der Waals surface area contributed by atoms with Gasteiger partial charge in [0.05, 0.1) is 19.6 Å². The summed E-state index contributed by atoms with van der Waals surface area (Å²) in [4.78, 5) is 6.66. The van der Waals surface area contributed by atoms with E-state index >= 15 is 0 Å². The van der Waals surface area contributed by atoms with Gasteiger partial charge in [0.25, 0.3) is 0 Å². The lowest BCUT2D eigenvalue weighted by molar-refractivity contribution is 0.150. The minimum atomic E-state index is 0.203. The van der Waals surface area contributed by atoms with Crippen molar-refractivity contribution in [2.45, 2.75) is 31.8 Å². The summed E-state index contributed by atoms with van der Waals surface area (Å²) in [6.45, 7) is 1.85. The normalized spacial score (nSPS) is 19.6. The van der Waals surface area contributed by atoms with Gasteiger partial charge in [0.2, 0.25) is 5.89 Å². The zero-order valence-electron chi connectivity index (χ0n) is 11.4. The van der Waals surface area contributed by atoms with E-state index in [4.69, 9.17) is 4.52 Å². The van der Waals surface area contributed by atoms with Gasteiger partial charge in [0.15, 0.2) is 5.82 Å². The monoisotopic (exact) mass is 273 g/mol. The van der Waals surface area contributed by atoms with E-state index in [0.29, 0.717) is 24.7 Å². The molecule has 1 aromatic heterocycles. The molecular weight excluding hydrogens is 254 g/mol. The molecule has 1 atom stereocenters. The van der Waals surface area contributed by atoms with Crippen molar-refractivity contribution in [2.75, 3.05) is 13.2 Å². The number of rotatable bonds is 5. The molecule has 1 fully saturated rings. The largest absolute Gasteiger partial charge is 0.395 e. The van der Waals surface area contributed by atoms with Gasteiger partial charge in [0.1, 0.15) is 0 Å². The maximum atomic E-state index is 9.31. The van der Waals surface area contributed by atoms with Gasteiger partial charge < -0.3 is 9.63 Å². The third-order valence-electron chi connectivity index (χ3n) is 3.76. The standard InChI is InChI=1S/C15H19N3O2/c19-11-13-7-4-8-18(13)10-14-16-15(20-17-14)9-12-5-2-1-3-6-12/h1-3,5-6,13,19H,4,7-11H2/t13-/m1/s1. The van der Waals surface area contributed by atoms with Gasteiger partial charge in [-0.2, -0.15) is 4.98 Å². The SMILES string of the molecule is OC[C@H]1CCCN1Cc1noc(Cc2ccccc2)n1. The van der Waals surface area contributed by atoms with Crippen LogP contribution in [0.3, 0.4) is 0 Å². The maximum absolute atomic E-state index is 9.31. The molecule has 2 aromatic rings. The second-order valence-electron chi connectivity index (χ2n) is 5.22. The summed E-state index contributed by atoms with van der Waals surface area (Å²) in [5.41, 5.74) is 1.16. The van der Waals surface area contributed by atoms with Gasteiger partial charge in [0, 0.05) is 6.04 Å². The molecule has 0 saturated carbocycles. The summed E-state index contributed by atoms with van der Waals surface area (Å²) < 4.78 is 5.30. The number of nitrogens with zero attached hydrogens (tertiary/aromatic N) is 3. The van der Waals surface area contributed by atoms with E-state index in [9.17, 15) is 5.11 Å². The molecule has 1 aliphatic heterocycles. The molecule has 1 aromatic carbocycles. The Hall–Kier alpha value is -1.72. The molecule has 5 nitrogen and oxygen atoms in total. The highest BCUT2D eigenvalue weighted by molar-refractivity contribution is 5.17. The Labute approximate surface area is 118 Å². The quantitative estimate of drug-likeness (QED) is 0.897. The second kappa shape index (κ2) is 6.15. The fourth-order valence-corrected chi connectivity index (χ4v) is 2.69. The zero-order chi connectivity index (χ0) is 13.8. The molecule has 0 bridgehead atoms. The van der Waals surface area contributed by atoms with Crippen LogP contribution >= 0.6 is 0 Å². The molecule has 20 heavy (non-hydrogen) atoms. The van der Waals surface area contributed by atoms with Gasteiger partial charge >= 0.3 is 0 Å². The van der Waals surface area contributed by atoms with Crippen LogP contribution in [0.25, 0.3) is 0 Å². The van der Waals surface area contributed by atoms with E-state index in [2.05, 4.69) is 15.0 Å². The van der Waals surface area contributed by atoms with Crippen LogP contribution in [0.2, 0.25) is 0 Å². The first-order valence-corrected chi connectivity index (χ1v) is 7.05. The molecule has 0 amide bonds. The molecule has 0 spiro atoms. The summed E-state index contributed by atoms with van der Waals surface area (Å²) >= 11 is 0. The van der Waals surface area contributed by atoms with Gasteiger partial charge in [-0.25, -0.2) is 0 Å². The third-order valence-corrected chi connectivity index (χ3v) is 3.76. The van der Waals surface area contributed by atoms with Crippen LogP contribution in [0.1, 0.15) is 30.1 Å². The summed E-state index contributed by atoms with van der Waals surface area (Å²) in [6, 6.07) is 10.3. The molecule has 0 aliphatic carbocycles. The van der Waals surface area contributed by atoms with E-state index < -0.39 is 0 Å². The Balaban J connectivity index is 1.62. The van der Waals surface area contributed by atoms with Gasteiger partial charge in [-0.3, -0.25) is 4.90 Å². The van der Waals surface area contributed by atoms with Crippen LogP contribution in [-0.2, 0) is 13.0 Å². The Morgan fingerprint density at radius 3 is 2.95 bits per heavy atom. The van der Waals surface area contributed by atoms with Crippen LogP contribution in [0.4, 0.5) is 0 Å². The number of aromatic nitrogens is 2. The van der Waals surface area contributed by atoms with Crippen LogP contribution in [0, 0.1) is 0 Å². The Kier molecular flexibility index (Phi) is 4.08. The van der Waals surface area contributed by atoms with Gasteiger partial charge in [-0.05, 0) is 24.9 Å². The number of benzene rings is 1. The molecule has 0 unspecified atom stereocenters. The maximum Gasteiger partial charge on any atom is 0.231 e. The average molecular weight is 273 g/mol. The first-order chi connectivity index (χ1) is 9.85.